The van der Waals surface area contributed by atoms with E-state index in [0.29, 0.717) is 43.3 Å². The molecule has 0 spiro atoms. The normalized spacial score (nSPS) is 15.0. The summed E-state index contributed by atoms with van der Waals surface area (Å²) in [6.07, 6.45) is 3.42. The van der Waals surface area contributed by atoms with Gasteiger partial charge in [0.05, 0.1) is 0 Å². The van der Waals surface area contributed by atoms with Crippen molar-refractivity contribution < 1.29 is 9.18 Å². The second-order valence-electron chi connectivity index (χ2n) is 5.74. The molecule has 1 N–H and O–H groups in total. The number of carbonyl (C=O) groups is 1. The lowest BCUT2D eigenvalue weighted by atomic mass is 10.2. The fraction of sp³-hybridized carbons (Fsp3) is 0.235. The number of hydrogen-bond acceptors (Lipinski definition) is 4. The van der Waals surface area contributed by atoms with Gasteiger partial charge >= 0.3 is 0 Å². The summed E-state index contributed by atoms with van der Waals surface area (Å²) >= 11 is 0. The number of amides is 1. The van der Waals surface area contributed by atoms with Gasteiger partial charge in [0.25, 0.3) is 5.91 Å². The molecule has 0 saturated carbocycles. The maximum absolute atomic E-state index is 13.3. The number of aromatic nitrogens is 3. The third kappa shape index (κ3) is 2.68. The predicted molar refractivity (Wildman–Crippen MR) is 88.4 cm³/mol. The summed E-state index contributed by atoms with van der Waals surface area (Å²) in [5.74, 6) is 0.297. The van der Waals surface area contributed by atoms with Crippen molar-refractivity contribution >= 4 is 22.8 Å². The number of nitrogens with zero attached hydrogens (tertiary/aromatic N) is 4. The van der Waals surface area contributed by atoms with Crippen LogP contribution in [0.1, 0.15) is 10.5 Å². The van der Waals surface area contributed by atoms with Gasteiger partial charge in [-0.15, -0.1) is 0 Å². The molecular formula is C17H16FN5O. The van der Waals surface area contributed by atoms with Gasteiger partial charge < -0.3 is 14.8 Å². The Kier molecular flexibility index (Phi) is 3.60. The van der Waals surface area contributed by atoms with Crippen LogP contribution >= 0.6 is 0 Å². The molecule has 24 heavy (non-hydrogen) atoms. The van der Waals surface area contributed by atoms with Crippen LogP contribution < -0.4 is 4.90 Å². The zero-order valence-electron chi connectivity index (χ0n) is 12.9. The maximum Gasteiger partial charge on any atom is 0.270 e. The number of carbonyl (C=O) groups excluding carboxylic acids is 1. The van der Waals surface area contributed by atoms with Crippen LogP contribution in [-0.4, -0.2) is 51.9 Å². The van der Waals surface area contributed by atoms with Crippen molar-refractivity contribution in [3.05, 3.63) is 54.2 Å². The Balaban J connectivity index is 1.47. The van der Waals surface area contributed by atoms with Crippen molar-refractivity contribution in [3.8, 4) is 0 Å². The van der Waals surface area contributed by atoms with E-state index in [1.54, 1.807) is 35.5 Å². The third-order valence-electron chi connectivity index (χ3n) is 4.22. The third-order valence-corrected chi connectivity index (χ3v) is 4.22. The average Bonchev–Trinajstić information content (AvgIpc) is 3.05. The zero-order chi connectivity index (χ0) is 16.5. The molecule has 122 valence electrons. The predicted octanol–water partition coefficient (Wildman–Crippen LogP) is 2.06. The van der Waals surface area contributed by atoms with E-state index in [4.69, 9.17) is 0 Å². The van der Waals surface area contributed by atoms with E-state index in [1.165, 1.54) is 12.1 Å². The first-order valence-electron chi connectivity index (χ1n) is 7.80. The van der Waals surface area contributed by atoms with Crippen molar-refractivity contribution in [1.29, 1.82) is 0 Å². The van der Waals surface area contributed by atoms with E-state index < -0.39 is 0 Å². The minimum atomic E-state index is -0.320. The molecule has 0 bridgehead atoms. The van der Waals surface area contributed by atoms with Crippen molar-refractivity contribution in [2.24, 2.45) is 0 Å². The Bertz CT molecular complexity index is 871. The number of benzene rings is 1. The van der Waals surface area contributed by atoms with E-state index in [-0.39, 0.29) is 11.7 Å². The highest BCUT2D eigenvalue weighted by Crippen LogP contribution is 2.19. The van der Waals surface area contributed by atoms with Gasteiger partial charge in [-0.3, -0.25) is 4.79 Å². The smallest absolute Gasteiger partial charge is 0.270 e. The van der Waals surface area contributed by atoms with Crippen LogP contribution in [0.4, 0.5) is 10.3 Å². The second kappa shape index (κ2) is 5.92. The van der Waals surface area contributed by atoms with Crippen LogP contribution in [0.15, 0.2) is 42.7 Å². The standard InChI is InChI=1S/C17H16FN5O/c18-13-3-2-12-10-15(21-14(12)11-13)16(24)22-6-8-23(9-7-22)17-19-4-1-5-20-17/h1-5,10-11,21H,6-9H2. The molecule has 1 saturated heterocycles. The highest BCUT2D eigenvalue weighted by Gasteiger charge is 2.24. The Hall–Kier alpha value is -2.96. The van der Waals surface area contributed by atoms with Crippen molar-refractivity contribution in [2.45, 2.75) is 0 Å². The van der Waals surface area contributed by atoms with Gasteiger partial charge in [-0.1, -0.05) is 0 Å². The van der Waals surface area contributed by atoms with Crippen LogP contribution in [0, 0.1) is 5.82 Å². The van der Waals surface area contributed by atoms with E-state index in [0.717, 1.165) is 5.39 Å². The Labute approximate surface area is 137 Å². The second-order valence-corrected chi connectivity index (χ2v) is 5.74. The molecule has 3 aromatic rings. The number of rotatable bonds is 2. The lowest BCUT2D eigenvalue weighted by Gasteiger charge is -2.34. The lowest BCUT2D eigenvalue weighted by Crippen LogP contribution is -2.49. The fourth-order valence-electron chi connectivity index (χ4n) is 2.95. The number of piperazine rings is 1. The molecule has 6 nitrogen and oxygen atoms in total. The van der Waals surface area contributed by atoms with Crippen LogP contribution in [0.25, 0.3) is 10.9 Å². The average molecular weight is 325 g/mol. The number of fused-ring (bicyclic) bond motifs is 1. The summed E-state index contributed by atoms with van der Waals surface area (Å²) in [4.78, 5) is 28.0. The quantitative estimate of drug-likeness (QED) is 0.783. The number of halogens is 1. The highest BCUT2D eigenvalue weighted by atomic mass is 19.1. The van der Waals surface area contributed by atoms with Gasteiger partial charge in [0.2, 0.25) is 5.95 Å². The highest BCUT2D eigenvalue weighted by molar-refractivity contribution is 5.98. The Morgan fingerprint density at radius 3 is 2.58 bits per heavy atom. The molecule has 1 fully saturated rings. The minimum Gasteiger partial charge on any atom is -0.350 e. The first kappa shape index (κ1) is 14.6. The summed E-state index contributed by atoms with van der Waals surface area (Å²) in [6, 6.07) is 8.01. The van der Waals surface area contributed by atoms with Gasteiger partial charge in [0.1, 0.15) is 11.5 Å². The summed E-state index contributed by atoms with van der Waals surface area (Å²) in [5, 5.41) is 0.830. The van der Waals surface area contributed by atoms with Crippen molar-refractivity contribution in [2.75, 3.05) is 31.1 Å². The largest absolute Gasteiger partial charge is 0.350 e. The van der Waals surface area contributed by atoms with Gasteiger partial charge in [-0.05, 0) is 30.3 Å². The molecule has 7 heteroatoms. The molecule has 0 aliphatic carbocycles. The van der Waals surface area contributed by atoms with Crippen LogP contribution in [0.5, 0.6) is 0 Å². The summed E-state index contributed by atoms with van der Waals surface area (Å²) in [6.45, 7) is 2.57. The molecule has 1 aromatic carbocycles. The molecule has 1 aliphatic heterocycles. The first-order chi connectivity index (χ1) is 11.7. The van der Waals surface area contributed by atoms with Crippen LogP contribution in [0.3, 0.4) is 0 Å². The number of nitrogens with one attached hydrogen (secondary N) is 1. The van der Waals surface area contributed by atoms with Gasteiger partial charge in [0.15, 0.2) is 0 Å². The fourth-order valence-corrected chi connectivity index (χ4v) is 2.95. The monoisotopic (exact) mass is 325 g/mol. The molecule has 4 rings (SSSR count). The number of anilines is 1. The molecule has 0 atom stereocenters. The lowest BCUT2D eigenvalue weighted by molar-refractivity contribution is 0.0741. The van der Waals surface area contributed by atoms with E-state index >= 15 is 0 Å². The molecule has 3 heterocycles. The number of H-pyrrole nitrogens is 1. The summed E-state index contributed by atoms with van der Waals surface area (Å²) < 4.78 is 13.3. The van der Waals surface area contributed by atoms with Crippen molar-refractivity contribution in [1.82, 2.24) is 19.9 Å². The molecule has 0 radical (unpaired) electrons. The van der Waals surface area contributed by atoms with Crippen LogP contribution in [0.2, 0.25) is 0 Å². The molecule has 0 unspecified atom stereocenters. The molecule has 1 amide bonds. The van der Waals surface area contributed by atoms with Gasteiger partial charge in [0, 0.05) is 49.5 Å². The van der Waals surface area contributed by atoms with Gasteiger partial charge in [-0.25, -0.2) is 14.4 Å². The van der Waals surface area contributed by atoms with E-state index in [9.17, 15) is 9.18 Å². The molecule has 1 aliphatic rings. The van der Waals surface area contributed by atoms with Gasteiger partial charge in [-0.2, -0.15) is 0 Å². The Morgan fingerprint density at radius 1 is 1.08 bits per heavy atom. The maximum atomic E-state index is 13.3. The molecular weight excluding hydrogens is 309 g/mol. The SMILES string of the molecule is O=C(c1cc2ccc(F)cc2[nH]1)N1CCN(c2ncccn2)CC1. The van der Waals surface area contributed by atoms with E-state index in [1.807, 2.05) is 0 Å². The molecule has 2 aromatic heterocycles. The topological polar surface area (TPSA) is 65.1 Å². The minimum absolute atomic E-state index is 0.0692. The summed E-state index contributed by atoms with van der Waals surface area (Å²) in [7, 11) is 0. The number of hydrogen-bond donors (Lipinski definition) is 1. The number of aromatic amines is 1. The summed E-state index contributed by atoms with van der Waals surface area (Å²) in [5.41, 5.74) is 1.12. The Morgan fingerprint density at radius 2 is 1.83 bits per heavy atom. The van der Waals surface area contributed by atoms with Crippen LogP contribution in [-0.2, 0) is 0 Å². The van der Waals surface area contributed by atoms with Crippen molar-refractivity contribution in [3.63, 3.8) is 0 Å². The van der Waals surface area contributed by atoms with E-state index in [2.05, 4.69) is 19.9 Å². The zero-order valence-corrected chi connectivity index (χ0v) is 12.9. The first-order valence-corrected chi connectivity index (χ1v) is 7.80.